The van der Waals surface area contributed by atoms with Crippen LogP contribution in [0.5, 0.6) is 0 Å². The van der Waals surface area contributed by atoms with Crippen LogP contribution in [0.4, 0.5) is 13.6 Å². The van der Waals surface area contributed by atoms with Gasteiger partial charge in [0.15, 0.2) is 5.60 Å². The minimum Gasteiger partial charge on any atom is -0.437 e. The van der Waals surface area contributed by atoms with Gasteiger partial charge in [0.25, 0.3) is 5.92 Å². The summed E-state index contributed by atoms with van der Waals surface area (Å²) in [5, 5.41) is 0. The quantitative estimate of drug-likeness (QED) is 0.311. The molecule has 1 amide bonds. The Balaban J connectivity index is 1.52. The maximum atomic E-state index is 14.3. The lowest BCUT2D eigenvalue weighted by molar-refractivity contribution is -0.169. The van der Waals surface area contributed by atoms with Crippen molar-refractivity contribution < 1.29 is 18.3 Å². The summed E-state index contributed by atoms with van der Waals surface area (Å²) in [4.78, 5) is 21.8. The zero-order chi connectivity index (χ0) is 28.4. The number of nitrogens with zero attached hydrogens (tertiary/aromatic N) is 3. The van der Waals surface area contributed by atoms with Gasteiger partial charge in [0.1, 0.15) is 0 Å². The van der Waals surface area contributed by atoms with Gasteiger partial charge < -0.3 is 14.5 Å². The molecule has 0 aromatic rings. The van der Waals surface area contributed by atoms with E-state index >= 15 is 0 Å². The Labute approximate surface area is 234 Å². The Bertz CT molecular complexity index is 1030. The lowest BCUT2D eigenvalue weighted by Crippen LogP contribution is -2.56. The molecule has 1 saturated heterocycles. The molecule has 7 heteroatoms. The predicted octanol–water partition coefficient (Wildman–Crippen LogP) is 7.93. The van der Waals surface area contributed by atoms with Gasteiger partial charge in [-0.2, -0.15) is 0 Å². The Hall–Kier alpha value is -2.18. The third kappa shape index (κ3) is 6.77. The molecule has 2 saturated carbocycles. The van der Waals surface area contributed by atoms with Gasteiger partial charge in [-0.25, -0.2) is 13.6 Å². The third-order valence-corrected chi connectivity index (χ3v) is 9.15. The van der Waals surface area contributed by atoms with Gasteiger partial charge in [-0.3, -0.25) is 4.99 Å². The van der Waals surface area contributed by atoms with Gasteiger partial charge >= 0.3 is 6.09 Å². The topological polar surface area (TPSA) is 45.1 Å². The van der Waals surface area contributed by atoms with E-state index < -0.39 is 17.6 Å². The summed E-state index contributed by atoms with van der Waals surface area (Å²) in [7, 11) is 0. The number of allylic oxidation sites excluding steroid dienone is 6. The van der Waals surface area contributed by atoms with E-state index in [1.807, 2.05) is 0 Å². The maximum Gasteiger partial charge on any atom is 0.410 e. The number of halogens is 2. The van der Waals surface area contributed by atoms with Crippen LogP contribution in [0.15, 0.2) is 39.6 Å². The number of hydrogen-bond donors (Lipinski definition) is 0. The summed E-state index contributed by atoms with van der Waals surface area (Å²) >= 11 is 0. The first-order valence-electron chi connectivity index (χ1n) is 15.3. The van der Waals surface area contributed by atoms with E-state index in [0.29, 0.717) is 25.6 Å². The maximum absolute atomic E-state index is 14.3. The normalized spacial score (nSPS) is 25.9. The van der Waals surface area contributed by atoms with Gasteiger partial charge in [0, 0.05) is 49.9 Å². The molecule has 218 valence electrons. The summed E-state index contributed by atoms with van der Waals surface area (Å²) in [6, 6.07) is 0.0320. The number of rotatable bonds is 8. The molecule has 1 aliphatic heterocycles. The van der Waals surface area contributed by atoms with E-state index in [9.17, 15) is 13.6 Å². The third-order valence-electron chi connectivity index (χ3n) is 9.15. The van der Waals surface area contributed by atoms with Crippen molar-refractivity contribution in [2.45, 2.75) is 117 Å². The smallest absolute Gasteiger partial charge is 0.410 e. The molecule has 0 radical (unpaired) electrons. The predicted molar refractivity (Wildman–Crippen MR) is 154 cm³/mol. The fourth-order valence-electron chi connectivity index (χ4n) is 6.51. The van der Waals surface area contributed by atoms with Crippen molar-refractivity contribution in [3.63, 3.8) is 0 Å². The summed E-state index contributed by atoms with van der Waals surface area (Å²) in [6.45, 7) is 12.6. The number of piperazine rings is 1. The molecule has 0 N–H and O–H groups in total. The minimum atomic E-state index is -3.08. The molecule has 3 fully saturated rings. The monoisotopic (exact) mass is 545 g/mol. The number of amides is 1. The highest BCUT2D eigenvalue weighted by Crippen LogP contribution is 2.45. The van der Waals surface area contributed by atoms with E-state index in [2.05, 4.69) is 37.8 Å². The molecule has 1 unspecified atom stereocenters. The molecule has 4 rings (SSSR count). The molecule has 5 nitrogen and oxygen atoms in total. The fraction of sp³-hybridized carbons (Fsp3) is 0.750. The Kier molecular flexibility index (Phi) is 9.27. The molecule has 1 atom stereocenters. The standard InChI is InChI=1S/C32H49F2N3O2/c1-7-32(33,34)31(5,6)39-30(38)36-16-17-37(22(3)21-36)23(4)29-27(26-14-15-26)19-25(20-28(29)35-8-2)18-24-12-10-9-11-13-24/h19-20,22,24,26H,7-18,21H2,1-6H3/b29-23+,35-28?. The van der Waals surface area contributed by atoms with Crippen LogP contribution in [0, 0.1) is 11.8 Å². The average Bonchev–Trinajstić information content (AvgIpc) is 3.74. The number of ether oxygens (including phenoxy) is 1. The van der Waals surface area contributed by atoms with Crippen LogP contribution in [-0.4, -0.2) is 65.3 Å². The first kappa shape index (κ1) is 29.8. The lowest BCUT2D eigenvalue weighted by Gasteiger charge is -2.43. The van der Waals surface area contributed by atoms with Crippen LogP contribution >= 0.6 is 0 Å². The summed E-state index contributed by atoms with van der Waals surface area (Å²) < 4.78 is 34.0. The largest absolute Gasteiger partial charge is 0.437 e. The van der Waals surface area contributed by atoms with Crippen molar-refractivity contribution in [1.82, 2.24) is 9.80 Å². The number of carbonyl (C=O) groups is 1. The van der Waals surface area contributed by atoms with Crippen molar-refractivity contribution in [3.05, 3.63) is 34.6 Å². The van der Waals surface area contributed by atoms with Crippen molar-refractivity contribution in [2.75, 3.05) is 26.2 Å². The molecule has 3 aliphatic carbocycles. The van der Waals surface area contributed by atoms with Crippen molar-refractivity contribution in [1.29, 1.82) is 0 Å². The van der Waals surface area contributed by atoms with Crippen LogP contribution in [0.1, 0.15) is 99.3 Å². The van der Waals surface area contributed by atoms with Crippen LogP contribution in [0.3, 0.4) is 0 Å². The van der Waals surface area contributed by atoms with E-state index in [1.54, 1.807) is 4.90 Å². The van der Waals surface area contributed by atoms with E-state index in [-0.39, 0.29) is 12.5 Å². The van der Waals surface area contributed by atoms with E-state index in [0.717, 1.165) is 24.6 Å². The van der Waals surface area contributed by atoms with Crippen molar-refractivity contribution in [3.8, 4) is 0 Å². The molecule has 39 heavy (non-hydrogen) atoms. The molecule has 0 bridgehead atoms. The molecular weight excluding hydrogens is 496 g/mol. The highest BCUT2D eigenvalue weighted by atomic mass is 19.3. The first-order valence-corrected chi connectivity index (χ1v) is 15.3. The average molecular weight is 546 g/mol. The highest BCUT2D eigenvalue weighted by molar-refractivity contribution is 6.14. The highest BCUT2D eigenvalue weighted by Gasteiger charge is 2.49. The zero-order valence-electron chi connectivity index (χ0n) is 25.0. The summed E-state index contributed by atoms with van der Waals surface area (Å²) in [5.41, 5.74) is 4.58. The van der Waals surface area contributed by atoms with Crippen molar-refractivity contribution in [2.24, 2.45) is 16.8 Å². The fourth-order valence-corrected chi connectivity index (χ4v) is 6.51. The second-order valence-corrected chi connectivity index (χ2v) is 12.5. The summed E-state index contributed by atoms with van der Waals surface area (Å²) in [5.74, 6) is -1.70. The van der Waals surface area contributed by atoms with Gasteiger partial charge in [-0.15, -0.1) is 0 Å². The number of alkyl halides is 2. The second-order valence-electron chi connectivity index (χ2n) is 12.5. The molecular formula is C32H49F2N3O2. The second kappa shape index (κ2) is 12.1. The number of carbonyl (C=O) groups excluding carboxylic acids is 1. The Morgan fingerprint density at radius 2 is 1.77 bits per heavy atom. The Morgan fingerprint density at radius 1 is 1.08 bits per heavy atom. The molecule has 4 aliphatic rings. The van der Waals surface area contributed by atoms with E-state index in [1.165, 1.54) is 88.1 Å². The molecule has 0 aromatic carbocycles. The lowest BCUT2D eigenvalue weighted by atomic mass is 9.80. The van der Waals surface area contributed by atoms with Gasteiger partial charge in [-0.1, -0.05) is 45.1 Å². The van der Waals surface area contributed by atoms with Crippen LogP contribution < -0.4 is 0 Å². The Morgan fingerprint density at radius 3 is 2.36 bits per heavy atom. The van der Waals surface area contributed by atoms with Gasteiger partial charge in [-0.05, 0) is 82.9 Å². The molecule has 0 aromatic heterocycles. The molecule has 1 heterocycles. The van der Waals surface area contributed by atoms with Gasteiger partial charge in [0.05, 0.1) is 5.71 Å². The van der Waals surface area contributed by atoms with Crippen LogP contribution in [0.25, 0.3) is 0 Å². The van der Waals surface area contributed by atoms with Gasteiger partial charge in [0.2, 0.25) is 0 Å². The van der Waals surface area contributed by atoms with E-state index in [4.69, 9.17) is 9.73 Å². The SMILES string of the molecule is CCN=C1C=C(CC2CCCCC2)C=C(C2CC2)/C1=C(/C)N1CCN(C(=O)OC(C)(C)C(F)(F)CC)CC1C. The number of hydrogen-bond acceptors (Lipinski definition) is 4. The minimum absolute atomic E-state index is 0.0320. The first-order chi connectivity index (χ1) is 18.5. The zero-order valence-corrected chi connectivity index (χ0v) is 25.0. The van der Waals surface area contributed by atoms with Crippen LogP contribution in [-0.2, 0) is 4.74 Å². The van der Waals surface area contributed by atoms with Crippen LogP contribution in [0.2, 0.25) is 0 Å². The summed E-state index contributed by atoms with van der Waals surface area (Å²) in [6.07, 6.45) is 14.1. The molecule has 0 spiro atoms. The van der Waals surface area contributed by atoms with Crippen molar-refractivity contribution >= 4 is 11.8 Å². The number of aliphatic imine (C=N–C) groups is 1.